The van der Waals surface area contributed by atoms with E-state index in [1.54, 1.807) is 0 Å². The van der Waals surface area contributed by atoms with Gasteiger partial charge >= 0.3 is 11.4 Å². The van der Waals surface area contributed by atoms with Crippen molar-refractivity contribution in [1.29, 1.82) is 0 Å². The SMILES string of the molecule is O=C1c2ccccc2C(=O)c2c(Oc3cc(F)c([N+](=O)[O-])cc3[N+](=O)[O-])ccc(O)c21. The zero-order valence-corrected chi connectivity index (χ0v) is 15.2. The average molecular weight is 424 g/mol. The van der Waals surface area contributed by atoms with Gasteiger partial charge in [-0.15, -0.1) is 0 Å². The quantitative estimate of drug-likeness (QED) is 0.383. The highest BCUT2D eigenvalue weighted by atomic mass is 19.1. The van der Waals surface area contributed by atoms with E-state index < -0.39 is 50.1 Å². The number of hydrogen-bond acceptors (Lipinski definition) is 8. The molecule has 11 heteroatoms. The number of nitro benzene ring substituents is 2. The second-order valence-electron chi connectivity index (χ2n) is 6.42. The Morgan fingerprint density at radius 3 is 1.97 bits per heavy atom. The molecule has 154 valence electrons. The van der Waals surface area contributed by atoms with Gasteiger partial charge in [-0.3, -0.25) is 29.8 Å². The fourth-order valence-electron chi connectivity index (χ4n) is 3.28. The molecule has 1 aliphatic rings. The summed E-state index contributed by atoms with van der Waals surface area (Å²) in [5.74, 6) is -4.36. The average Bonchev–Trinajstić information content (AvgIpc) is 2.72. The second kappa shape index (κ2) is 6.99. The number of ether oxygens (including phenoxy) is 1. The lowest BCUT2D eigenvalue weighted by Gasteiger charge is -2.20. The van der Waals surface area contributed by atoms with Crippen molar-refractivity contribution in [2.24, 2.45) is 0 Å². The van der Waals surface area contributed by atoms with Crippen LogP contribution in [0.15, 0.2) is 48.5 Å². The lowest BCUT2D eigenvalue weighted by atomic mass is 9.83. The number of nitro groups is 2. The van der Waals surface area contributed by atoms with Gasteiger partial charge in [0.25, 0.3) is 0 Å². The molecule has 1 N–H and O–H groups in total. The van der Waals surface area contributed by atoms with Gasteiger partial charge in [-0.25, -0.2) is 0 Å². The van der Waals surface area contributed by atoms with E-state index in [-0.39, 0.29) is 28.0 Å². The van der Waals surface area contributed by atoms with Gasteiger partial charge < -0.3 is 9.84 Å². The van der Waals surface area contributed by atoms with E-state index in [0.29, 0.717) is 12.1 Å². The lowest BCUT2D eigenvalue weighted by Crippen LogP contribution is -2.21. The molecule has 0 saturated carbocycles. The van der Waals surface area contributed by atoms with E-state index in [9.17, 15) is 39.3 Å². The lowest BCUT2D eigenvalue weighted by molar-refractivity contribution is -0.396. The molecule has 1 aliphatic carbocycles. The van der Waals surface area contributed by atoms with Gasteiger partial charge in [0.2, 0.25) is 11.6 Å². The summed E-state index contributed by atoms with van der Waals surface area (Å²) >= 11 is 0. The van der Waals surface area contributed by atoms with Gasteiger partial charge in [-0.1, -0.05) is 24.3 Å². The summed E-state index contributed by atoms with van der Waals surface area (Å²) in [5, 5.41) is 32.4. The topological polar surface area (TPSA) is 150 Å². The first-order valence-electron chi connectivity index (χ1n) is 8.55. The maximum absolute atomic E-state index is 14.1. The van der Waals surface area contributed by atoms with Gasteiger partial charge in [0.1, 0.15) is 17.6 Å². The number of nitrogens with zero attached hydrogens (tertiary/aromatic N) is 2. The summed E-state index contributed by atoms with van der Waals surface area (Å²) < 4.78 is 19.5. The third-order valence-corrected chi connectivity index (χ3v) is 4.66. The van der Waals surface area contributed by atoms with Crippen molar-refractivity contribution in [2.75, 3.05) is 0 Å². The van der Waals surface area contributed by atoms with Crippen molar-refractivity contribution < 1.29 is 33.7 Å². The Labute approximate surface area is 171 Å². The number of halogens is 1. The maximum atomic E-state index is 14.1. The van der Waals surface area contributed by atoms with Crippen molar-refractivity contribution in [2.45, 2.75) is 0 Å². The van der Waals surface area contributed by atoms with Crippen LogP contribution in [-0.2, 0) is 0 Å². The Kier molecular flexibility index (Phi) is 4.43. The van der Waals surface area contributed by atoms with Gasteiger partial charge in [-0.05, 0) is 12.1 Å². The largest absolute Gasteiger partial charge is 0.507 e. The zero-order chi connectivity index (χ0) is 22.4. The fourth-order valence-corrected chi connectivity index (χ4v) is 3.28. The van der Waals surface area contributed by atoms with Gasteiger partial charge in [0.05, 0.1) is 21.0 Å². The van der Waals surface area contributed by atoms with Crippen LogP contribution in [0.5, 0.6) is 17.2 Å². The Balaban J connectivity index is 1.90. The first-order chi connectivity index (χ1) is 14.7. The normalized spacial score (nSPS) is 12.2. The Morgan fingerprint density at radius 2 is 1.39 bits per heavy atom. The summed E-state index contributed by atoms with van der Waals surface area (Å²) in [5.41, 5.74) is -2.71. The monoisotopic (exact) mass is 424 g/mol. The molecular formula is C20H9FN2O8. The predicted octanol–water partition coefficient (Wildman–Crippen LogP) is 3.92. The summed E-state index contributed by atoms with van der Waals surface area (Å²) in [7, 11) is 0. The van der Waals surface area contributed by atoms with Crippen LogP contribution in [-0.4, -0.2) is 26.5 Å². The molecule has 0 fully saturated rings. The number of phenolic OH excluding ortho intramolecular Hbond substituents is 1. The number of rotatable bonds is 4. The molecule has 0 amide bonds. The van der Waals surface area contributed by atoms with Gasteiger partial charge in [0.15, 0.2) is 11.6 Å². The molecule has 0 saturated heterocycles. The molecule has 0 heterocycles. The third kappa shape index (κ3) is 3.04. The van der Waals surface area contributed by atoms with Crippen LogP contribution in [0.1, 0.15) is 31.8 Å². The summed E-state index contributed by atoms with van der Waals surface area (Å²) in [6.07, 6.45) is 0. The molecule has 4 rings (SSSR count). The summed E-state index contributed by atoms with van der Waals surface area (Å²) in [4.78, 5) is 45.9. The Hall–Kier alpha value is -4.67. The number of ketones is 2. The standard InChI is InChI=1S/C20H9FN2O8/c21-11-7-16(13(23(29)30)8-12(11)22(27)28)31-15-6-5-14(24)17-18(15)20(26)10-4-2-1-3-9(10)19(17)25/h1-8,24H. The molecule has 0 aromatic heterocycles. The molecule has 3 aromatic carbocycles. The first kappa shape index (κ1) is 19.6. The number of carbonyl (C=O) groups excluding carboxylic acids is 2. The third-order valence-electron chi connectivity index (χ3n) is 4.66. The van der Waals surface area contributed by atoms with E-state index in [2.05, 4.69) is 0 Å². The molecule has 0 unspecified atom stereocenters. The first-order valence-corrected chi connectivity index (χ1v) is 8.55. The molecule has 0 radical (unpaired) electrons. The smallest absolute Gasteiger partial charge is 0.318 e. The van der Waals surface area contributed by atoms with E-state index in [1.807, 2.05) is 0 Å². The number of benzene rings is 3. The fraction of sp³-hybridized carbons (Fsp3) is 0. The molecule has 0 aliphatic heterocycles. The van der Waals surface area contributed by atoms with Crippen LogP contribution < -0.4 is 4.74 Å². The molecule has 10 nitrogen and oxygen atoms in total. The van der Waals surface area contributed by atoms with Gasteiger partial charge in [0, 0.05) is 17.2 Å². The van der Waals surface area contributed by atoms with E-state index in [4.69, 9.17) is 4.74 Å². The van der Waals surface area contributed by atoms with Gasteiger partial charge in [-0.2, -0.15) is 4.39 Å². The summed E-state index contributed by atoms with van der Waals surface area (Å²) in [6, 6.07) is 8.81. The second-order valence-corrected chi connectivity index (χ2v) is 6.42. The zero-order valence-electron chi connectivity index (χ0n) is 15.2. The Bertz CT molecular complexity index is 1330. The minimum atomic E-state index is -1.40. The number of carbonyl (C=O) groups is 2. The highest BCUT2D eigenvalue weighted by Crippen LogP contribution is 2.42. The highest BCUT2D eigenvalue weighted by molar-refractivity contribution is 6.30. The molecule has 0 atom stereocenters. The minimum Gasteiger partial charge on any atom is -0.507 e. The number of phenols is 1. The van der Waals surface area contributed by atoms with Crippen molar-refractivity contribution in [3.63, 3.8) is 0 Å². The van der Waals surface area contributed by atoms with Crippen LogP contribution in [0.3, 0.4) is 0 Å². The number of hydrogen-bond donors (Lipinski definition) is 1. The Morgan fingerprint density at radius 1 is 0.806 bits per heavy atom. The summed E-state index contributed by atoms with van der Waals surface area (Å²) in [6.45, 7) is 0. The van der Waals surface area contributed by atoms with Crippen LogP contribution in [0.2, 0.25) is 0 Å². The van der Waals surface area contributed by atoms with Crippen LogP contribution in [0.25, 0.3) is 0 Å². The van der Waals surface area contributed by atoms with E-state index in [1.165, 1.54) is 24.3 Å². The minimum absolute atomic E-state index is 0.0276. The van der Waals surface area contributed by atoms with E-state index >= 15 is 0 Å². The van der Waals surface area contributed by atoms with Crippen molar-refractivity contribution in [3.05, 3.63) is 96.8 Å². The molecule has 0 bridgehead atoms. The van der Waals surface area contributed by atoms with Crippen LogP contribution in [0.4, 0.5) is 15.8 Å². The van der Waals surface area contributed by atoms with Crippen molar-refractivity contribution >= 4 is 22.9 Å². The highest BCUT2D eigenvalue weighted by Gasteiger charge is 2.35. The molecular weight excluding hydrogens is 415 g/mol. The van der Waals surface area contributed by atoms with Crippen LogP contribution >= 0.6 is 0 Å². The molecule has 0 spiro atoms. The van der Waals surface area contributed by atoms with Crippen molar-refractivity contribution in [1.82, 2.24) is 0 Å². The van der Waals surface area contributed by atoms with Crippen molar-refractivity contribution in [3.8, 4) is 17.2 Å². The predicted molar refractivity (Wildman–Crippen MR) is 101 cm³/mol. The van der Waals surface area contributed by atoms with E-state index in [0.717, 1.165) is 12.1 Å². The number of aromatic hydroxyl groups is 1. The van der Waals surface area contributed by atoms with Crippen LogP contribution in [0, 0.1) is 26.0 Å². The number of fused-ring (bicyclic) bond motifs is 2. The molecule has 31 heavy (non-hydrogen) atoms. The molecule has 3 aromatic rings. The maximum Gasteiger partial charge on any atom is 0.318 e.